The van der Waals surface area contributed by atoms with E-state index < -0.39 is 5.82 Å². The third-order valence-corrected chi connectivity index (χ3v) is 3.02. The molecular weight excluding hydrogens is 269 g/mol. The molecule has 1 aromatic rings. The van der Waals surface area contributed by atoms with Crippen LogP contribution < -0.4 is 15.5 Å². The number of benzene rings is 1. The van der Waals surface area contributed by atoms with Crippen LogP contribution in [0.15, 0.2) is 18.2 Å². The molecule has 0 bridgehead atoms. The first-order chi connectivity index (χ1) is 8.72. The van der Waals surface area contributed by atoms with Crippen molar-refractivity contribution in [3.8, 4) is 0 Å². The van der Waals surface area contributed by atoms with Crippen molar-refractivity contribution in [2.45, 2.75) is 6.92 Å². The summed E-state index contributed by atoms with van der Waals surface area (Å²) in [5, 5.41) is 5.85. The monoisotopic (exact) mass is 287 g/mol. The molecule has 106 valence electrons. The second-order valence-electron chi connectivity index (χ2n) is 4.26. The molecule has 0 aliphatic carbocycles. The maximum absolute atomic E-state index is 13.9. The molecule has 1 amide bonds. The second kappa shape index (κ2) is 7.31. The Labute approximate surface area is 118 Å². The van der Waals surface area contributed by atoms with Crippen LogP contribution >= 0.6 is 12.4 Å². The summed E-state index contributed by atoms with van der Waals surface area (Å²) in [5.74, 6) is -0.821. The van der Waals surface area contributed by atoms with Crippen LogP contribution in [0.2, 0.25) is 0 Å². The van der Waals surface area contributed by atoms with Crippen LogP contribution in [0, 0.1) is 5.82 Å². The van der Waals surface area contributed by atoms with Crippen LogP contribution in [0.4, 0.5) is 10.1 Å². The summed E-state index contributed by atoms with van der Waals surface area (Å²) in [6.45, 7) is 5.84. The number of nitrogens with one attached hydrogen (secondary N) is 2. The molecule has 0 spiro atoms. The van der Waals surface area contributed by atoms with Crippen molar-refractivity contribution in [2.75, 3.05) is 37.6 Å². The minimum Gasteiger partial charge on any atom is -0.369 e. The molecule has 1 aromatic carbocycles. The first kappa shape index (κ1) is 15.7. The van der Waals surface area contributed by atoms with Gasteiger partial charge in [-0.05, 0) is 25.1 Å². The van der Waals surface area contributed by atoms with E-state index in [1.54, 1.807) is 12.1 Å². The zero-order valence-corrected chi connectivity index (χ0v) is 11.7. The lowest BCUT2D eigenvalue weighted by Crippen LogP contribution is -2.43. The number of hydrogen-bond acceptors (Lipinski definition) is 3. The summed E-state index contributed by atoms with van der Waals surface area (Å²) < 4.78 is 13.9. The van der Waals surface area contributed by atoms with E-state index in [0.717, 1.165) is 31.9 Å². The van der Waals surface area contributed by atoms with Crippen LogP contribution in [0.3, 0.4) is 0 Å². The number of nitrogens with zero attached hydrogens (tertiary/aromatic N) is 1. The Hall–Kier alpha value is -1.33. The van der Waals surface area contributed by atoms with E-state index in [1.165, 1.54) is 6.07 Å². The van der Waals surface area contributed by atoms with Gasteiger partial charge in [-0.25, -0.2) is 4.39 Å². The van der Waals surface area contributed by atoms with Crippen LogP contribution in [0.1, 0.15) is 17.3 Å². The van der Waals surface area contributed by atoms with E-state index in [9.17, 15) is 9.18 Å². The minimum atomic E-state index is -0.461. The quantitative estimate of drug-likeness (QED) is 0.883. The van der Waals surface area contributed by atoms with Gasteiger partial charge in [0.1, 0.15) is 5.82 Å². The fraction of sp³-hybridized carbons (Fsp3) is 0.462. The normalized spacial score (nSPS) is 14.7. The lowest BCUT2D eigenvalue weighted by atomic mass is 10.1. The molecule has 1 aliphatic rings. The molecule has 4 nitrogen and oxygen atoms in total. The maximum Gasteiger partial charge on any atom is 0.254 e. The van der Waals surface area contributed by atoms with Crippen molar-refractivity contribution >= 4 is 24.0 Å². The van der Waals surface area contributed by atoms with Gasteiger partial charge in [-0.2, -0.15) is 0 Å². The lowest BCUT2D eigenvalue weighted by Gasteiger charge is -2.29. The van der Waals surface area contributed by atoms with Gasteiger partial charge >= 0.3 is 0 Å². The second-order valence-corrected chi connectivity index (χ2v) is 4.26. The number of halogens is 2. The number of amides is 1. The molecule has 2 rings (SSSR count). The highest BCUT2D eigenvalue weighted by Crippen LogP contribution is 2.19. The van der Waals surface area contributed by atoms with Crippen molar-refractivity contribution in [3.63, 3.8) is 0 Å². The third-order valence-electron chi connectivity index (χ3n) is 3.02. The van der Waals surface area contributed by atoms with Crippen molar-refractivity contribution < 1.29 is 9.18 Å². The molecule has 0 aromatic heterocycles. The molecule has 1 aliphatic heterocycles. The number of rotatable bonds is 3. The Morgan fingerprint density at radius 1 is 1.42 bits per heavy atom. The summed E-state index contributed by atoms with van der Waals surface area (Å²) in [6, 6.07) is 4.80. The minimum absolute atomic E-state index is 0. The van der Waals surface area contributed by atoms with Crippen LogP contribution in [-0.2, 0) is 0 Å². The smallest absolute Gasteiger partial charge is 0.254 e. The van der Waals surface area contributed by atoms with E-state index in [2.05, 4.69) is 15.5 Å². The number of piperazine rings is 1. The average molecular weight is 288 g/mol. The van der Waals surface area contributed by atoms with Gasteiger partial charge in [0.05, 0.1) is 5.56 Å². The van der Waals surface area contributed by atoms with Gasteiger partial charge in [-0.1, -0.05) is 0 Å². The number of carbonyl (C=O) groups is 1. The Morgan fingerprint density at radius 3 is 2.68 bits per heavy atom. The highest BCUT2D eigenvalue weighted by molar-refractivity contribution is 5.94. The van der Waals surface area contributed by atoms with Gasteiger partial charge in [0, 0.05) is 38.4 Å². The molecule has 0 saturated carbocycles. The zero-order valence-electron chi connectivity index (χ0n) is 10.9. The largest absolute Gasteiger partial charge is 0.369 e. The standard InChI is InChI=1S/C13H18FN3O.ClH/c1-2-16-13(18)11-4-3-10(9-12(11)14)17-7-5-15-6-8-17;/h3-4,9,15H,2,5-8H2,1H3,(H,16,18);1H. The third kappa shape index (κ3) is 3.81. The van der Waals surface area contributed by atoms with E-state index in [0.29, 0.717) is 6.54 Å². The van der Waals surface area contributed by atoms with Gasteiger partial charge in [0.25, 0.3) is 5.91 Å². The molecule has 19 heavy (non-hydrogen) atoms. The fourth-order valence-corrected chi connectivity index (χ4v) is 2.06. The van der Waals surface area contributed by atoms with Crippen LogP contribution in [0.5, 0.6) is 0 Å². The summed E-state index contributed by atoms with van der Waals surface area (Å²) in [7, 11) is 0. The van der Waals surface area contributed by atoms with Gasteiger partial charge < -0.3 is 15.5 Å². The molecule has 2 N–H and O–H groups in total. The highest BCUT2D eigenvalue weighted by atomic mass is 35.5. The summed E-state index contributed by atoms with van der Waals surface area (Å²) in [5.41, 5.74) is 0.942. The summed E-state index contributed by atoms with van der Waals surface area (Å²) >= 11 is 0. The van der Waals surface area contributed by atoms with Crippen molar-refractivity contribution in [1.29, 1.82) is 0 Å². The average Bonchev–Trinajstić information content (AvgIpc) is 2.40. The molecule has 0 radical (unpaired) electrons. The van der Waals surface area contributed by atoms with Crippen molar-refractivity contribution in [2.24, 2.45) is 0 Å². The number of anilines is 1. The first-order valence-electron chi connectivity index (χ1n) is 6.25. The molecular formula is C13H19ClFN3O. The van der Waals surface area contributed by atoms with Gasteiger partial charge in [0.15, 0.2) is 0 Å². The van der Waals surface area contributed by atoms with Gasteiger partial charge in [-0.15, -0.1) is 12.4 Å². The van der Waals surface area contributed by atoms with Gasteiger partial charge in [0.2, 0.25) is 0 Å². The Kier molecular flexibility index (Phi) is 6.05. The predicted octanol–water partition coefficient (Wildman–Crippen LogP) is 1.41. The SMILES string of the molecule is CCNC(=O)c1ccc(N2CCNCC2)cc1F.Cl. The fourth-order valence-electron chi connectivity index (χ4n) is 2.06. The van der Waals surface area contributed by atoms with E-state index in [-0.39, 0.29) is 23.9 Å². The Bertz CT molecular complexity index is 436. The zero-order chi connectivity index (χ0) is 13.0. The number of hydrogen-bond donors (Lipinski definition) is 2. The van der Waals surface area contributed by atoms with E-state index in [4.69, 9.17) is 0 Å². The Balaban J connectivity index is 0.00000180. The van der Waals surface area contributed by atoms with Crippen molar-refractivity contribution in [1.82, 2.24) is 10.6 Å². The van der Waals surface area contributed by atoms with E-state index >= 15 is 0 Å². The number of carbonyl (C=O) groups excluding carboxylic acids is 1. The summed E-state index contributed by atoms with van der Waals surface area (Å²) in [6.07, 6.45) is 0. The van der Waals surface area contributed by atoms with Crippen LogP contribution in [-0.4, -0.2) is 38.6 Å². The molecule has 0 atom stereocenters. The van der Waals surface area contributed by atoms with E-state index in [1.807, 2.05) is 6.92 Å². The molecule has 1 heterocycles. The highest BCUT2D eigenvalue weighted by Gasteiger charge is 2.15. The molecule has 1 saturated heterocycles. The molecule has 0 unspecified atom stereocenters. The maximum atomic E-state index is 13.9. The van der Waals surface area contributed by atoms with Gasteiger partial charge in [-0.3, -0.25) is 4.79 Å². The first-order valence-corrected chi connectivity index (χ1v) is 6.25. The lowest BCUT2D eigenvalue weighted by molar-refractivity contribution is 0.0952. The predicted molar refractivity (Wildman–Crippen MR) is 76.7 cm³/mol. The molecule has 1 fully saturated rings. The Morgan fingerprint density at radius 2 is 2.11 bits per heavy atom. The topological polar surface area (TPSA) is 44.4 Å². The van der Waals surface area contributed by atoms with Crippen LogP contribution in [0.25, 0.3) is 0 Å². The molecule has 6 heteroatoms. The summed E-state index contributed by atoms with van der Waals surface area (Å²) in [4.78, 5) is 13.7. The van der Waals surface area contributed by atoms with Crippen molar-refractivity contribution in [3.05, 3.63) is 29.6 Å².